The molecule has 0 aliphatic heterocycles. The van der Waals surface area contributed by atoms with E-state index in [1.807, 2.05) is 6.92 Å². The average molecular weight is 267 g/mol. The Morgan fingerprint density at radius 1 is 1.47 bits per heavy atom. The van der Waals surface area contributed by atoms with Gasteiger partial charge in [-0.3, -0.25) is 11.3 Å². The maximum Gasteiger partial charge on any atom is 0.0897 e. The van der Waals surface area contributed by atoms with E-state index in [0.717, 1.165) is 23.5 Å². The number of hydrogen-bond acceptors (Lipinski definition) is 5. The zero-order valence-electron chi connectivity index (χ0n) is 10.1. The molecule has 0 fully saturated rings. The van der Waals surface area contributed by atoms with E-state index in [-0.39, 0.29) is 6.04 Å². The van der Waals surface area contributed by atoms with E-state index in [2.05, 4.69) is 34.2 Å². The predicted octanol–water partition coefficient (Wildman–Crippen LogP) is 2.82. The summed E-state index contributed by atoms with van der Waals surface area (Å²) in [4.78, 5) is 5.83. The lowest BCUT2D eigenvalue weighted by atomic mass is 10.1. The third-order valence-corrected chi connectivity index (χ3v) is 4.65. The van der Waals surface area contributed by atoms with Crippen LogP contribution in [-0.4, -0.2) is 4.98 Å². The fourth-order valence-electron chi connectivity index (χ4n) is 1.88. The molecule has 5 heteroatoms. The molecule has 3 N–H and O–H groups in total. The molecule has 0 saturated carbocycles. The molecule has 17 heavy (non-hydrogen) atoms. The Morgan fingerprint density at radius 3 is 2.88 bits per heavy atom. The molecule has 0 saturated heterocycles. The van der Waals surface area contributed by atoms with Gasteiger partial charge < -0.3 is 0 Å². The molecule has 0 amide bonds. The number of aryl methyl sites for hydroxylation is 2. The van der Waals surface area contributed by atoms with E-state index in [0.29, 0.717) is 0 Å². The highest BCUT2D eigenvalue weighted by molar-refractivity contribution is 7.10. The van der Waals surface area contributed by atoms with Gasteiger partial charge in [-0.1, -0.05) is 6.92 Å². The van der Waals surface area contributed by atoms with Gasteiger partial charge in [0.25, 0.3) is 0 Å². The minimum atomic E-state index is 0.173. The Kier molecular flexibility index (Phi) is 4.28. The maximum absolute atomic E-state index is 5.67. The molecule has 1 atom stereocenters. The van der Waals surface area contributed by atoms with Crippen LogP contribution in [0.5, 0.6) is 0 Å². The van der Waals surface area contributed by atoms with E-state index >= 15 is 0 Å². The number of thiazole rings is 1. The topological polar surface area (TPSA) is 50.9 Å². The first-order valence-corrected chi connectivity index (χ1v) is 7.44. The lowest BCUT2D eigenvalue weighted by Gasteiger charge is -2.14. The second kappa shape index (κ2) is 5.73. The minimum Gasteiger partial charge on any atom is -0.271 e. The van der Waals surface area contributed by atoms with Crippen molar-refractivity contribution in [3.05, 3.63) is 38.0 Å². The van der Waals surface area contributed by atoms with E-state index in [9.17, 15) is 0 Å². The van der Waals surface area contributed by atoms with Crippen LogP contribution in [-0.2, 0) is 12.8 Å². The minimum absolute atomic E-state index is 0.173. The quantitative estimate of drug-likeness (QED) is 0.647. The van der Waals surface area contributed by atoms with E-state index < -0.39 is 0 Å². The molecular weight excluding hydrogens is 250 g/mol. The zero-order chi connectivity index (χ0) is 12.3. The maximum atomic E-state index is 5.67. The third kappa shape index (κ3) is 2.93. The van der Waals surface area contributed by atoms with Crippen LogP contribution in [0.15, 0.2) is 16.8 Å². The number of hydrazine groups is 1. The summed E-state index contributed by atoms with van der Waals surface area (Å²) in [5.74, 6) is 5.67. The van der Waals surface area contributed by atoms with Crippen molar-refractivity contribution in [3.8, 4) is 0 Å². The van der Waals surface area contributed by atoms with Crippen LogP contribution in [0.4, 0.5) is 0 Å². The van der Waals surface area contributed by atoms with Crippen molar-refractivity contribution in [1.29, 1.82) is 0 Å². The van der Waals surface area contributed by atoms with Crippen LogP contribution in [0.1, 0.15) is 34.1 Å². The number of aromatic nitrogens is 1. The van der Waals surface area contributed by atoms with Crippen LogP contribution in [0, 0.1) is 6.92 Å². The molecule has 3 nitrogen and oxygen atoms in total. The molecular formula is C12H17N3S2. The van der Waals surface area contributed by atoms with Gasteiger partial charge in [-0.25, -0.2) is 4.98 Å². The van der Waals surface area contributed by atoms with Gasteiger partial charge in [-0.2, -0.15) is 0 Å². The molecule has 2 rings (SSSR count). The SMILES string of the molecule is CCc1ccsc1C(Cc1csc(C)n1)NN. The molecule has 1 unspecified atom stereocenters. The number of nitrogens with zero attached hydrogens (tertiary/aromatic N) is 1. The average Bonchev–Trinajstić information content (AvgIpc) is 2.94. The Morgan fingerprint density at radius 2 is 2.29 bits per heavy atom. The Labute approximate surface area is 110 Å². The van der Waals surface area contributed by atoms with Crippen molar-refractivity contribution in [2.75, 3.05) is 0 Å². The fraction of sp³-hybridized carbons (Fsp3) is 0.417. The largest absolute Gasteiger partial charge is 0.271 e. The molecule has 92 valence electrons. The van der Waals surface area contributed by atoms with Gasteiger partial charge >= 0.3 is 0 Å². The summed E-state index contributed by atoms with van der Waals surface area (Å²) in [6.07, 6.45) is 1.90. The summed E-state index contributed by atoms with van der Waals surface area (Å²) in [5, 5.41) is 5.35. The van der Waals surface area contributed by atoms with E-state index in [4.69, 9.17) is 5.84 Å². The van der Waals surface area contributed by atoms with Gasteiger partial charge in [0.2, 0.25) is 0 Å². The van der Waals surface area contributed by atoms with Gasteiger partial charge in [0, 0.05) is 16.7 Å². The van der Waals surface area contributed by atoms with E-state index in [1.165, 1.54) is 10.4 Å². The summed E-state index contributed by atoms with van der Waals surface area (Å²) >= 11 is 3.45. The summed E-state index contributed by atoms with van der Waals surface area (Å²) in [5.41, 5.74) is 5.41. The van der Waals surface area contributed by atoms with Crippen LogP contribution >= 0.6 is 22.7 Å². The first kappa shape index (κ1) is 12.7. The van der Waals surface area contributed by atoms with Crippen molar-refractivity contribution in [3.63, 3.8) is 0 Å². The Balaban J connectivity index is 2.16. The molecule has 2 aromatic heterocycles. The Bertz CT molecular complexity index is 476. The van der Waals surface area contributed by atoms with Crippen LogP contribution < -0.4 is 11.3 Å². The fourth-order valence-corrected chi connectivity index (χ4v) is 3.57. The van der Waals surface area contributed by atoms with E-state index in [1.54, 1.807) is 22.7 Å². The number of hydrogen-bond donors (Lipinski definition) is 2. The standard InChI is InChI=1S/C12H17N3S2/c1-3-9-4-5-16-12(9)11(15-13)6-10-7-17-8(2)14-10/h4-5,7,11,15H,3,6,13H2,1-2H3. The molecule has 0 aliphatic carbocycles. The number of nitrogens with two attached hydrogens (primary N) is 1. The van der Waals surface area contributed by atoms with Gasteiger partial charge in [0.15, 0.2) is 0 Å². The summed E-state index contributed by atoms with van der Waals surface area (Å²) in [7, 11) is 0. The van der Waals surface area contributed by atoms with Gasteiger partial charge in [-0.15, -0.1) is 22.7 Å². The van der Waals surface area contributed by atoms with Crippen molar-refractivity contribution < 1.29 is 0 Å². The Hall–Kier alpha value is -0.750. The summed E-state index contributed by atoms with van der Waals surface area (Å²) in [6, 6.07) is 2.35. The van der Waals surface area contributed by atoms with Gasteiger partial charge in [-0.05, 0) is 30.4 Å². The monoisotopic (exact) mass is 267 g/mol. The van der Waals surface area contributed by atoms with Gasteiger partial charge in [0.05, 0.1) is 16.7 Å². The lowest BCUT2D eigenvalue weighted by molar-refractivity contribution is 0.552. The third-order valence-electron chi connectivity index (χ3n) is 2.76. The lowest BCUT2D eigenvalue weighted by Crippen LogP contribution is -2.29. The molecule has 2 aromatic rings. The molecule has 0 radical (unpaired) electrons. The number of nitrogens with one attached hydrogen (secondary N) is 1. The summed E-state index contributed by atoms with van der Waals surface area (Å²) in [6.45, 7) is 4.20. The molecule has 2 heterocycles. The normalized spacial score (nSPS) is 12.9. The molecule has 0 aliphatic rings. The first-order valence-electron chi connectivity index (χ1n) is 5.68. The highest BCUT2D eigenvalue weighted by Crippen LogP contribution is 2.27. The van der Waals surface area contributed by atoms with Crippen LogP contribution in [0.3, 0.4) is 0 Å². The second-order valence-corrected chi connectivity index (χ2v) is 5.95. The molecule has 0 bridgehead atoms. The van der Waals surface area contributed by atoms with Crippen molar-refractivity contribution in [2.45, 2.75) is 32.7 Å². The molecule has 0 aromatic carbocycles. The second-order valence-electron chi connectivity index (χ2n) is 3.94. The van der Waals surface area contributed by atoms with Crippen LogP contribution in [0.25, 0.3) is 0 Å². The summed E-state index contributed by atoms with van der Waals surface area (Å²) < 4.78 is 0. The molecule has 0 spiro atoms. The highest BCUT2D eigenvalue weighted by atomic mass is 32.1. The highest BCUT2D eigenvalue weighted by Gasteiger charge is 2.16. The first-order chi connectivity index (χ1) is 8.24. The van der Waals surface area contributed by atoms with Crippen LogP contribution in [0.2, 0.25) is 0 Å². The number of thiophene rings is 1. The van der Waals surface area contributed by atoms with Crippen molar-refractivity contribution >= 4 is 22.7 Å². The van der Waals surface area contributed by atoms with Crippen molar-refractivity contribution in [2.24, 2.45) is 5.84 Å². The van der Waals surface area contributed by atoms with Crippen molar-refractivity contribution in [1.82, 2.24) is 10.4 Å². The smallest absolute Gasteiger partial charge is 0.0897 e. The van der Waals surface area contributed by atoms with Gasteiger partial charge in [0.1, 0.15) is 0 Å². The predicted molar refractivity (Wildman–Crippen MR) is 74.3 cm³/mol. The number of rotatable bonds is 5. The zero-order valence-corrected chi connectivity index (χ0v) is 11.7.